The number of hydrogen-bond donors (Lipinski definition) is 2. The van der Waals surface area contributed by atoms with Crippen molar-refractivity contribution in [1.82, 2.24) is 0 Å². The van der Waals surface area contributed by atoms with E-state index < -0.39 is 11.5 Å². The van der Waals surface area contributed by atoms with Gasteiger partial charge in [0.25, 0.3) is 5.91 Å². The molecule has 4 rings (SSSR count). The normalized spacial score (nSPS) is 20.8. The molecule has 0 saturated heterocycles. The SMILES string of the molecule is Cc1cccc2c1NC(=O)[C@@]2(O)CC(=O)c1ccc2c(c1)OCCO2. The van der Waals surface area contributed by atoms with Crippen LogP contribution in [0.2, 0.25) is 0 Å². The summed E-state index contributed by atoms with van der Waals surface area (Å²) in [7, 11) is 0. The highest BCUT2D eigenvalue weighted by Gasteiger charge is 2.47. The second-order valence-electron chi connectivity index (χ2n) is 6.27. The van der Waals surface area contributed by atoms with Crippen molar-refractivity contribution in [2.45, 2.75) is 18.9 Å². The first kappa shape index (κ1) is 15.7. The number of aryl methyl sites for hydroxylation is 1. The number of Topliss-reactive ketones (excluding diaryl/α,β-unsaturated/α-hetero) is 1. The lowest BCUT2D eigenvalue weighted by atomic mass is 9.87. The average molecular weight is 339 g/mol. The summed E-state index contributed by atoms with van der Waals surface area (Å²) in [6, 6.07) is 10.1. The number of para-hydroxylation sites is 1. The Morgan fingerprint density at radius 2 is 1.96 bits per heavy atom. The molecule has 2 N–H and O–H groups in total. The van der Waals surface area contributed by atoms with Gasteiger partial charge in [0.1, 0.15) is 13.2 Å². The number of carbonyl (C=O) groups excluding carboxylic acids is 2. The number of nitrogens with one attached hydrogen (secondary N) is 1. The number of ether oxygens (including phenoxy) is 2. The van der Waals surface area contributed by atoms with E-state index in [9.17, 15) is 14.7 Å². The number of rotatable bonds is 3. The van der Waals surface area contributed by atoms with Gasteiger partial charge in [-0.1, -0.05) is 18.2 Å². The molecule has 0 spiro atoms. The van der Waals surface area contributed by atoms with Crippen LogP contribution in [0.1, 0.15) is 27.9 Å². The van der Waals surface area contributed by atoms with Crippen LogP contribution in [0.5, 0.6) is 11.5 Å². The topological polar surface area (TPSA) is 84.9 Å². The minimum Gasteiger partial charge on any atom is -0.486 e. The van der Waals surface area contributed by atoms with Crippen molar-refractivity contribution in [1.29, 1.82) is 0 Å². The lowest BCUT2D eigenvalue weighted by molar-refractivity contribution is -0.133. The smallest absolute Gasteiger partial charge is 0.261 e. The maximum absolute atomic E-state index is 12.7. The molecular formula is C19H17NO5. The Morgan fingerprint density at radius 3 is 2.76 bits per heavy atom. The minimum absolute atomic E-state index is 0.338. The average Bonchev–Trinajstić information content (AvgIpc) is 2.87. The zero-order chi connectivity index (χ0) is 17.6. The van der Waals surface area contributed by atoms with E-state index in [1.54, 1.807) is 30.3 Å². The minimum atomic E-state index is -1.87. The Bertz CT molecular complexity index is 891. The number of amides is 1. The van der Waals surface area contributed by atoms with Gasteiger partial charge in [-0.25, -0.2) is 0 Å². The van der Waals surface area contributed by atoms with Gasteiger partial charge in [-0.3, -0.25) is 9.59 Å². The summed E-state index contributed by atoms with van der Waals surface area (Å²) in [5.74, 6) is 0.156. The number of hydrogen-bond acceptors (Lipinski definition) is 5. The first-order valence-corrected chi connectivity index (χ1v) is 8.06. The second-order valence-corrected chi connectivity index (χ2v) is 6.27. The largest absolute Gasteiger partial charge is 0.486 e. The van der Waals surface area contributed by atoms with Crippen LogP contribution < -0.4 is 14.8 Å². The summed E-state index contributed by atoms with van der Waals surface area (Å²) in [5, 5.41) is 13.6. The van der Waals surface area contributed by atoms with Gasteiger partial charge in [0, 0.05) is 11.1 Å². The van der Waals surface area contributed by atoms with E-state index in [-0.39, 0.29) is 12.2 Å². The molecule has 2 aliphatic rings. The van der Waals surface area contributed by atoms with Crippen LogP contribution in [-0.2, 0) is 10.4 Å². The highest BCUT2D eigenvalue weighted by molar-refractivity contribution is 6.10. The third kappa shape index (κ3) is 2.46. The summed E-state index contributed by atoms with van der Waals surface area (Å²) in [5.41, 5.74) is 0.347. The van der Waals surface area contributed by atoms with Crippen LogP contribution in [0.15, 0.2) is 36.4 Å². The first-order valence-electron chi connectivity index (χ1n) is 8.06. The van der Waals surface area contributed by atoms with Crippen LogP contribution in [-0.4, -0.2) is 30.0 Å². The number of fused-ring (bicyclic) bond motifs is 2. The van der Waals surface area contributed by atoms with Crippen LogP contribution in [0.25, 0.3) is 0 Å². The predicted molar refractivity (Wildman–Crippen MR) is 90.1 cm³/mol. The molecule has 0 bridgehead atoms. The van der Waals surface area contributed by atoms with Gasteiger partial charge >= 0.3 is 0 Å². The molecule has 0 radical (unpaired) electrons. The van der Waals surface area contributed by atoms with Gasteiger partial charge in [0.2, 0.25) is 0 Å². The van der Waals surface area contributed by atoms with E-state index in [4.69, 9.17) is 9.47 Å². The zero-order valence-corrected chi connectivity index (χ0v) is 13.7. The van der Waals surface area contributed by atoms with Crippen molar-refractivity contribution in [3.8, 4) is 11.5 Å². The third-order valence-electron chi connectivity index (χ3n) is 4.61. The van der Waals surface area contributed by atoms with Gasteiger partial charge in [0.05, 0.1) is 12.1 Å². The van der Waals surface area contributed by atoms with Crippen LogP contribution in [0.3, 0.4) is 0 Å². The summed E-state index contributed by atoms with van der Waals surface area (Å²) in [6.07, 6.45) is -0.338. The van der Waals surface area contributed by atoms with Gasteiger partial charge < -0.3 is 19.9 Å². The fourth-order valence-corrected chi connectivity index (χ4v) is 3.24. The maximum atomic E-state index is 12.7. The quantitative estimate of drug-likeness (QED) is 0.837. The Hall–Kier alpha value is -2.86. The standard InChI is InChI=1S/C19H17NO5/c1-11-3-2-4-13-17(11)20-18(22)19(13,23)10-14(21)12-5-6-15-16(9-12)25-8-7-24-15/h2-6,9,23H,7-8,10H2,1H3,(H,20,22)/t19-/m1/s1. The van der Waals surface area contributed by atoms with E-state index in [0.717, 1.165) is 5.56 Å². The fourth-order valence-electron chi connectivity index (χ4n) is 3.24. The summed E-state index contributed by atoms with van der Waals surface area (Å²) < 4.78 is 10.9. The van der Waals surface area contributed by atoms with Gasteiger partial charge in [-0.05, 0) is 30.7 Å². The molecule has 25 heavy (non-hydrogen) atoms. The number of ketones is 1. The van der Waals surface area contributed by atoms with Crippen LogP contribution >= 0.6 is 0 Å². The number of aliphatic hydroxyl groups is 1. The van der Waals surface area contributed by atoms with Crippen molar-refractivity contribution >= 4 is 17.4 Å². The zero-order valence-electron chi connectivity index (χ0n) is 13.7. The molecular weight excluding hydrogens is 322 g/mol. The van der Waals surface area contributed by atoms with Crippen molar-refractivity contribution in [3.63, 3.8) is 0 Å². The van der Waals surface area contributed by atoms with Crippen LogP contribution in [0, 0.1) is 6.92 Å². The Labute approximate surface area is 144 Å². The predicted octanol–water partition coefficient (Wildman–Crippen LogP) is 2.18. The molecule has 0 aromatic heterocycles. The summed E-state index contributed by atoms with van der Waals surface area (Å²) in [4.78, 5) is 25.0. The molecule has 0 fully saturated rings. The third-order valence-corrected chi connectivity index (χ3v) is 4.61. The van der Waals surface area contributed by atoms with Crippen molar-refractivity contribution in [2.24, 2.45) is 0 Å². The molecule has 6 nitrogen and oxygen atoms in total. The molecule has 0 saturated carbocycles. The van der Waals surface area contributed by atoms with E-state index in [0.29, 0.717) is 41.5 Å². The molecule has 0 aliphatic carbocycles. The Kier molecular flexibility index (Phi) is 3.51. The monoisotopic (exact) mass is 339 g/mol. The highest BCUT2D eigenvalue weighted by atomic mass is 16.6. The first-order chi connectivity index (χ1) is 12.0. The van der Waals surface area contributed by atoms with E-state index in [1.807, 2.05) is 13.0 Å². The number of anilines is 1. The van der Waals surface area contributed by atoms with Crippen LogP contribution in [0.4, 0.5) is 5.69 Å². The highest BCUT2D eigenvalue weighted by Crippen LogP contribution is 2.41. The lowest BCUT2D eigenvalue weighted by Crippen LogP contribution is -2.36. The molecule has 1 amide bonds. The Morgan fingerprint density at radius 1 is 1.20 bits per heavy atom. The van der Waals surface area contributed by atoms with Gasteiger partial charge in [-0.2, -0.15) is 0 Å². The maximum Gasteiger partial charge on any atom is 0.261 e. The van der Waals surface area contributed by atoms with Crippen molar-refractivity contribution in [2.75, 3.05) is 18.5 Å². The molecule has 1 atom stereocenters. The molecule has 2 aliphatic heterocycles. The van der Waals surface area contributed by atoms with Gasteiger partial charge in [-0.15, -0.1) is 0 Å². The summed E-state index contributed by atoms with van der Waals surface area (Å²) >= 11 is 0. The molecule has 6 heteroatoms. The lowest BCUT2D eigenvalue weighted by Gasteiger charge is -2.21. The van der Waals surface area contributed by atoms with E-state index in [2.05, 4.69) is 5.32 Å². The van der Waals surface area contributed by atoms with Gasteiger partial charge in [0.15, 0.2) is 22.9 Å². The molecule has 2 aromatic carbocycles. The molecule has 2 aromatic rings. The van der Waals surface area contributed by atoms with Crippen molar-refractivity contribution in [3.05, 3.63) is 53.1 Å². The Balaban J connectivity index is 1.65. The van der Waals surface area contributed by atoms with E-state index >= 15 is 0 Å². The molecule has 128 valence electrons. The number of carbonyl (C=O) groups is 2. The van der Waals surface area contributed by atoms with Crippen molar-refractivity contribution < 1.29 is 24.2 Å². The molecule has 0 unspecified atom stereocenters. The number of benzene rings is 2. The summed E-state index contributed by atoms with van der Waals surface area (Å²) in [6.45, 7) is 2.73. The fraction of sp³-hybridized carbons (Fsp3) is 0.263. The molecule has 2 heterocycles. The second kappa shape index (κ2) is 5.60. The van der Waals surface area contributed by atoms with E-state index in [1.165, 1.54) is 0 Å².